The second kappa shape index (κ2) is 5.44. The number of nitrogens with zero attached hydrogens (tertiary/aromatic N) is 1. The number of hydrogen-bond acceptors (Lipinski definition) is 4. The zero-order chi connectivity index (χ0) is 14.9. The maximum absolute atomic E-state index is 9.67. The van der Waals surface area contributed by atoms with Crippen LogP contribution in [0.2, 0.25) is 0 Å². The Morgan fingerprint density at radius 2 is 1.90 bits per heavy atom. The van der Waals surface area contributed by atoms with Crippen molar-refractivity contribution >= 4 is 17.0 Å². The van der Waals surface area contributed by atoms with E-state index < -0.39 is 0 Å². The highest BCUT2D eigenvalue weighted by molar-refractivity contribution is 7.11. The molecule has 0 bridgehead atoms. The van der Waals surface area contributed by atoms with E-state index in [1.165, 1.54) is 4.88 Å². The van der Waals surface area contributed by atoms with Crippen LogP contribution in [0, 0.1) is 13.8 Å². The molecule has 1 heterocycles. The van der Waals surface area contributed by atoms with Crippen molar-refractivity contribution in [3.05, 3.63) is 39.3 Å². The number of phenols is 1. The second-order valence-corrected chi connectivity index (χ2v) is 7.30. The molecule has 20 heavy (non-hydrogen) atoms. The van der Waals surface area contributed by atoms with Crippen molar-refractivity contribution in [1.82, 2.24) is 4.98 Å². The molecule has 0 saturated carbocycles. The van der Waals surface area contributed by atoms with Crippen LogP contribution in [-0.2, 0) is 12.0 Å². The third kappa shape index (κ3) is 3.31. The molecule has 0 amide bonds. The summed E-state index contributed by atoms with van der Waals surface area (Å²) in [5.41, 5.74) is 3.10. The lowest BCUT2D eigenvalue weighted by Gasteiger charge is -2.13. The minimum atomic E-state index is 0.105. The van der Waals surface area contributed by atoms with Crippen LogP contribution in [-0.4, -0.2) is 10.1 Å². The van der Waals surface area contributed by atoms with Crippen molar-refractivity contribution in [2.45, 2.75) is 46.6 Å². The molecule has 0 spiro atoms. The number of aromatic nitrogens is 1. The van der Waals surface area contributed by atoms with Gasteiger partial charge in [0, 0.05) is 22.2 Å². The van der Waals surface area contributed by atoms with Gasteiger partial charge in [0.25, 0.3) is 0 Å². The van der Waals surface area contributed by atoms with Gasteiger partial charge in [-0.05, 0) is 37.1 Å². The van der Waals surface area contributed by atoms with Gasteiger partial charge >= 0.3 is 0 Å². The van der Waals surface area contributed by atoms with Crippen LogP contribution in [0.1, 0.15) is 41.8 Å². The van der Waals surface area contributed by atoms with Gasteiger partial charge in [-0.2, -0.15) is 0 Å². The number of phenolic OH excluding ortho intramolecular Hbond substituents is 1. The van der Waals surface area contributed by atoms with E-state index in [-0.39, 0.29) is 5.41 Å². The summed E-state index contributed by atoms with van der Waals surface area (Å²) in [6.45, 7) is 11.2. The van der Waals surface area contributed by atoms with Crippen LogP contribution in [0.4, 0.5) is 5.69 Å². The van der Waals surface area contributed by atoms with E-state index in [0.29, 0.717) is 5.75 Å². The van der Waals surface area contributed by atoms with Crippen LogP contribution in [0.25, 0.3) is 0 Å². The average Bonchev–Trinajstić information content (AvgIpc) is 2.80. The normalized spacial score (nSPS) is 11.7. The molecular formula is C16H22N2OS. The van der Waals surface area contributed by atoms with Gasteiger partial charge in [0.15, 0.2) is 0 Å². The summed E-state index contributed by atoms with van der Waals surface area (Å²) in [5, 5.41) is 14.2. The minimum Gasteiger partial charge on any atom is -0.508 e. The Labute approximate surface area is 124 Å². The van der Waals surface area contributed by atoms with Crippen molar-refractivity contribution in [2.75, 3.05) is 5.32 Å². The van der Waals surface area contributed by atoms with Crippen LogP contribution < -0.4 is 5.32 Å². The number of aromatic hydroxyl groups is 1. The van der Waals surface area contributed by atoms with Gasteiger partial charge in [0.1, 0.15) is 5.75 Å². The Kier molecular flexibility index (Phi) is 4.04. The number of benzene rings is 1. The first-order chi connectivity index (χ1) is 9.27. The third-order valence-electron chi connectivity index (χ3n) is 3.19. The molecule has 0 aliphatic carbocycles. The Morgan fingerprint density at radius 3 is 2.50 bits per heavy atom. The molecule has 2 rings (SSSR count). The maximum Gasteiger partial charge on any atom is 0.118 e. The molecule has 0 unspecified atom stereocenters. The molecule has 0 aliphatic heterocycles. The Bertz CT molecular complexity index is 611. The zero-order valence-corrected chi connectivity index (χ0v) is 13.6. The smallest absolute Gasteiger partial charge is 0.118 e. The van der Waals surface area contributed by atoms with E-state index in [0.717, 1.165) is 28.4 Å². The largest absolute Gasteiger partial charge is 0.508 e. The number of nitrogens with one attached hydrogen (secondary N) is 1. The number of thiazole rings is 1. The summed E-state index contributed by atoms with van der Waals surface area (Å²) >= 11 is 1.75. The van der Waals surface area contributed by atoms with Crippen LogP contribution in [0.15, 0.2) is 18.3 Å². The first-order valence-electron chi connectivity index (χ1n) is 6.76. The first kappa shape index (κ1) is 14.9. The number of rotatable bonds is 3. The van der Waals surface area contributed by atoms with Gasteiger partial charge in [0.2, 0.25) is 0 Å². The Balaban J connectivity index is 2.09. The van der Waals surface area contributed by atoms with Crippen molar-refractivity contribution in [1.29, 1.82) is 0 Å². The third-order valence-corrected chi connectivity index (χ3v) is 4.61. The molecule has 0 aliphatic rings. The lowest BCUT2D eigenvalue weighted by Crippen LogP contribution is -2.09. The fourth-order valence-electron chi connectivity index (χ4n) is 1.91. The van der Waals surface area contributed by atoms with E-state index in [9.17, 15) is 5.11 Å². The maximum atomic E-state index is 9.67. The van der Waals surface area contributed by atoms with Crippen molar-refractivity contribution in [2.24, 2.45) is 0 Å². The predicted molar refractivity (Wildman–Crippen MR) is 85.7 cm³/mol. The quantitative estimate of drug-likeness (QED) is 0.825. The van der Waals surface area contributed by atoms with Gasteiger partial charge in [0.05, 0.1) is 11.6 Å². The molecule has 108 valence electrons. The molecule has 4 heteroatoms. The van der Waals surface area contributed by atoms with Gasteiger partial charge in [-0.15, -0.1) is 11.3 Å². The molecule has 2 aromatic rings. The summed E-state index contributed by atoms with van der Waals surface area (Å²) < 4.78 is 0. The molecule has 0 radical (unpaired) electrons. The lowest BCUT2D eigenvalue weighted by molar-refractivity contribution is 0.471. The fourth-order valence-corrected chi connectivity index (χ4v) is 2.82. The van der Waals surface area contributed by atoms with Crippen LogP contribution in [0.5, 0.6) is 5.75 Å². The molecule has 3 nitrogen and oxygen atoms in total. The highest BCUT2D eigenvalue weighted by atomic mass is 32.1. The van der Waals surface area contributed by atoms with Gasteiger partial charge in [-0.25, -0.2) is 4.98 Å². The number of aryl methyl sites for hydroxylation is 2. The lowest BCUT2D eigenvalue weighted by atomic mass is 9.98. The SMILES string of the molecule is Cc1cc(NCc2cnc(C(C)(C)C)s2)c(C)cc1O. The highest BCUT2D eigenvalue weighted by Crippen LogP contribution is 2.28. The Morgan fingerprint density at radius 1 is 1.20 bits per heavy atom. The van der Waals surface area contributed by atoms with Gasteiger partial charge < -0.3 is 10.4 Å². The number of hydrogen-bond donors (Lipinski definition) is 2. The highest BCUT2D eigenvalue weighted by Gasteiger charge is 2.17. The van der Waals surface area contributed by atoms with Crippen molar-refractivity contribution in [3.8, 4) is 5.75 Å². The van der Waals surface area contributed by atoms with Gasteiger partial charge in [-0.3, -0.25) is 0 Å². The van der Waals surface area contributed by atoms with E-state index in [2.05, 4.69) is 31.1 Å². The average molecular weight is 290 g/mol. The molecule has 0 saturated heterocycles. The van der Waals surface area contributed by atoms with Crippen molar-refractivity contribution < 1.29 is 5.11 Å². The molecule has 0 fully saturated rings. The van der Waals surface area contributed by atoms with Crippen LogP contribution in [0.3, 0.4) is 0 Å². The fraction of sp³-hybridized carbons (Fsp3) is 0.438. The van der Waals surface area contributed by atoms with E-state index in [1.54, 1.807) is 17.4 Å². The summed E-state index contributed by atoms with van der Waals surface area (Å²) in [6, 6.07) is 3.78. The van der Waals surface area contributed by atoms with E-state index in [4.69, 9.17) is 0 Å². The number of anilines is 1. The summed E-state index contributed by atoms with van der Waals surface area (Å²) in [5.74, 6) is 0.348. The molecule has 2 N–H and O–H groups in total. The predicted octanol–water partition coefficient (Wildman–Crippen LogP) is 4.38. The molecule has 1 aromatic carbocycles. The van der Waals surface area contributed by atoms with Crippen molar-refractivity contribution in [3.63, 3.8) is 0 Å². The zero-order valence-electron chi connectivity index (χ0n) is 12.7. The Hall–Kier alpha value is -1.55. The van der Waals surface area contributed by atoms with E-state index in [1.807, 2.05) is 26.1 Å². The summed E-state index contributed by atoms with van der Waals surface area (Å²) in [7, 11) is 0. The molecule has 0 atom stereocenters. The first-order valence-corrected chi connectivity index (χ1v) is 7.58. The molecular weight excluding hydrogens is 268 g/mol. The standard InChI is InChI=1S/C16H22N2OS/c1-10-7-14(19)11(2)6-13(10)17-8-12-9-18-15(20-12)16(3,4)5/h6-7,9,17,19H,8H2,1-5H3. The van der Waals surface area contributed by atoms with Crippen LogP contribution >= 0.6 is 11.3 Å². The molecule has 1 aromatic heterocycles. The summed E-state index contributed by atoms with van der Waals surface area (Å²) in [6.07, 6.45) is 1.95. The topological polar surface area (TPSA) is 45.2 Å². The monoisotopic (exact) mass is 290 g/mol. The summed E-state index contributed by atoms with van der Waals surface area (Å²) in [4.78, 5) is 5.71. The second-order valence-electron chi connectivity index (χ2n) is 6.19. The van der Waals surface area contributed by atoms with Gasteiger partial charge in [-0.1, -0.05) is 20.8 Å². The van der Waals surface area contributed by atoms with E-state index >= 15 is 0 Å². The minimum absolute atomic E-state index is 0.105.